The van der Waals surface area contributed by atoms with Crippen LogP contribution in [0.4, 0.5) is 5.82 Å². The smallest absolute Gasteiger partial charge is 0.320 e. The summed E-state index contributed by atoms with van der Waals surface area (Å²) in [5, 5.41) is 11.2. The maximum absolute atomic E-state index is 11.5. The zero-order valence-electron chi connectivity index (χ0n) is 9.81. The largest absolute Gasteiger partial charge is 0.480 e. The van der Waals surface area contributed by atoms with Crippen LogP contribution in [-0.2, 0) is 9.59 Å². The quantitative estimate of drug-likeness (QED) is 0.759. The Bertz CT molecular complexity index is 465. The second-order valence-electron chi connectivity index (χ2n) is 3.80. The Kier molecular flexibility index (Phi) is 5.24. The second kappa shape index (κ2) is 6.46. The molecule has 98 valence electrons. The van der Waals surface area contributed by atoms with E-state index < -0.39 is 12.0 Å². The van der Waals surface area contributed by atoms with Crippen molar-refractivity contribution < 1.29 is 14.7 Å². The standard InChI is InChI=1S/C11H14BrN3O3/c1-6-7(12)2-4-9(14-6)15-10(16)5-3-8(13)11(17)18/h2,4,8H,3,5,13H2,1H3,(H,17,18)(H,14,15,16)/t8-/m0/s1. The number of rotatable bonds is 5. The number of carboxylic acid groups (broad SMARTS) is 1. The number of carbonyl (C=O) groups excluding carboxylic acids is 1. The highest BCUT2D eigenvalue weighted by molar-refractivity contribution is 9.10. The van der Waals surface area contributed by atoms with E-state index >= 15 is 0 Å². The molecule has 7 heteroatoms. The number of aromatic nitrogens is 1. The fourth-order valence-electron chi connectivity index (χ4n) is 1.23. The van der Waals surface area contributed by atoms with Gasteiger partial charge in [0.15, 0.2) is 0 Å². The summed E-state index contributed by atoms with van der Waals surface area (Å²) in [4.78, 5) is 26.2. The van der Waals surface area contributed by atoms with E-state index in [9.17, 15) is 9.59 Å². The minimum Gasteiger partial charge on any atom is -0.480 e. The molecular formula is C11H14BrN3O3. The molecule has 1 rings (SSSR count). The van der Waals surface area contributed by atoms with Gasteiger partial charge in [0.2, 0.25) is 5.91 Å². The molecule has 1 aromatic rings. The molecule has 0 spiro atoms. The van der Waals surface area contributed by atoms with Crippen molar-refractivity contribution in [2.45, 2.75) is 25.8 Å². The van der Waals surface area contributed by atoms with Gasteiger partial charge in [-0.2, -0.15) is 0 Å². The molecular weight excluding hydrogens is 302 g/mol. The van der Waals surface area contributed by atoms with Crippen LogP contribution in [0.25, 0.3) is 0 Å². The molecule has 0 aliphatic carbocycles. The monoisotopic (exact) mass is 315 g/mol. The maximum atomic E-state index is 11.5. The molecule has 1 aromatic heterocycles. The Labute approximate surface area is 113 Å². The van der Waals surface area contributed by atoms with E-state index in [-0.39, 0.29) is 18.7 Å². The number of aliphatic carboxylic acids is 1. The van der Waals surface area contributed by atoms with Crippen LogP contribution in [0.1, 0.15) is 18.5 Å². The Morgan fingerprint density at radius 2 is 2.22 bits per heavy atom. The maximum Gasteiger partial charge on any atom is 0.320 e. The van der Waals surface area contributed by atoms with E-state index in [0.29, 0.717) is 5.82 Å². The van der Waals surface area contributed by atoms with Crippen molar-refractivity contribution >= 4 is 33.6 Å². The van der Waals surface area contributed by atoms with Crippen molar-refractivity contribution in [3.8, 4) is 0 Å². The molecule has 0 saturated heterocycles. The van der Waals surface area contributed by atoms with E-state index in [1.807, 2.05) is 0 Å². The van der Waals surface area contributed by atoms with Crippen LogP contribution in [0, 0.1) is 6.92 Å². The van der Waals surface area contributed by atoms with Crippen LogP contribution < -0.4 is 11.1 Å². The summed E-state index contributed by atoms with van der Waals surface area (Å²) in [6, 6.07) is 2.42. The molecule has 18 heavy (non-hydrogen) atoms. The topological polar surface area (TPSA) is 105 Å². The number of anilines is 1. The van der Waals surface area contributed by atoms with Gasteiger partial charge in [-0.3, -0.25) is 9.59 Å². The predicted octanol–water partition coefficient (Wildman–Crippen LogP) is 1.28. The summed E-state index contributed by atoms with van der Waals surface area (Å²) in [7, 11) is 0. The third-order valence-corrected chi connectivity index (χ3v) is 3.13. The molecule has 0 saturated carbocycles. The molecule has 0 aliphatic heterocycles. The lowest BCUT2D eigenvalue weighted by Crippen LogP contribution is -2.31. The molecule has 4 N–H and O–H groups in total. The molecule has 0 aromatic carbocycles. The van der Waals surface area contributed by atoms with Crippen molar-refractivity contribution in [1.82, 2.24) is 4.98 Å². The second-order valence-corrected chi connectivity index (χ2v) is 4.65. The van der Waals surface area contributed by atoms with E-state index in [1.54, 1.807) is 19.1 Å². The Morgan fingerprint density at radius 1 is 1.56 bits per heavy atom. The lowest BCUT2D eigenvalue weighted by Gasteiger charge is -2.07. The lowest BCUT2D eigenvalue weighted by molar-refractivity contribution is -0.138. The normalized spacial score (nSPS) is 11.9. The zero-order valence-corrected chi connectivity index (χ0v) is 11.4. The number of nitrogens with one attached hydrogen (secondary N) is 1. The van der Waals surface area contributed by atoms with E-state index in [1.165, 1.54) is 0 Å². The van der Waals surface area contributed by atoms with Gasteiger partial charge in [0, 0.05) is 10.9 Å². The number of halogens is 1. The van der Waals surface area contributed by atoms with Crippen LogP contribution >= 0.6 is 15.9 Å². The van der Waals surface area contributed by atoms with Gasteiger partial charge in [0.05, 0.1) is 5.69 Å². The molecule has 0 aliphatic rings. The SMILES string of the molecule is Cc1nc(NC(=O)CC[C@H](N)C(=O)O)ccc1Br. The Balaban J connectivity index is 2.49. The van der Waals surface area contributed by atoms with Crippen molar-refractivity contribution in [2.24, 2.45) is 5.73 Å². The summed E-state index contributed by atoms with van der Waals surface area (Å²) in [5.74, 6) is -0.981. The number of nitrogens with zero attached hydrogens (tertiary/aromatic N) is 1. The molecule has 0 radical (unpaired) electrons. The average Bonchev–Trinajstić information content (AvgIpc) is 2.30. The third kappa shape index (κ3) is 4.42. The minimum atomic E-state index is -1.11. The van der Waals surface area contributed by atoms with Gasteiger partial charge in [-0.25, -0.2) is 4.98 Å². The first-order valence-electron chi connectivity index (χ1n) is 5.31. The van der Waals surface area contributed by atoms with E-state index in [2.05, 4.69) is 26.2 Å². The molecule has 0 unspecified atom stereocenters. The summed E-state index contributed by atoms with van der Waals surface area (Å²) >= 11 is 3.30. The van der Waals surface area contributed by atoms with E-state index in [4.69, 9.17) is 10.8 Å². The highest BCUT2D eigenvalue weighted by Crippen LogP contribution is 2.16. The van der Waals surface area contributed by atoms with Crippen LogP contribution in [0.5, 0.6) is 0 Å². The van der Waals surface area contributed by atoms with Gasteiger partial charge in [-0.05, 0) is 41.4 Å². The summed E-state index contributed by atoms with van der Waals surface area (Å²) in [6.07, 6.45) is 0.140. The fourth-order valence-corrected chi connectivity index (χ4v) is 1.45. The number of aryl methyl sites for hydroxylation is 1. The molecule has 1 heterocycles. The highest BCUT2D eigenvalue weighted by atomic mass is 79.9. The van der Waals surface area contributed by atoms with Gasteiger partial charge in [0.1, 0.15) is 11.9 Å². The molecule has 1 amide bonds. The minimum absolute atomic E-state index is 0.0459. The number of hydrogen-bond donors (Lipinski definition) is 3. The number of amides is 1. The number of carboxylic acids is 1. The van der Waals surface area contributed by atoms with Gasteiger partial charge >= 0.3 is 5.97 Å². The summed E-state index contributed by atoms with van der Waals surface area (Å²) in [5.41, 5.74) is 6.06. The highest BCUT2D eigenvalue weighted by Gasteiger charge is 2.13. The number of hydrogen-bond acceptors (Lipinski definition) is 4. The average molecular weight is 316 g/mol. The fraction of sp³-hybridized carbons (Fsp3) is 0.364. The first kappa shape index (κ1) is 14.6. The number of nitrogens with two attached hydrogens (primary N) is 1. The Hall–Kier alpha value is -1.47. The molecule has 0 bridgehead atoms. The van der Waals surface area contributed by atoms with Gasteiger partial charge in [-0.15, -0.1) is 0 Å². The van der Waals surface area contributed by atoms with Gasteiger partial charge in [0.25, 0.3) is 0 Å². The Morgan fingerprint density at radius 3 is 2.78 bits per heavy atom. The lowest BCUT2D eigenvalue weighted by atomic mass is 10.1. The predicted molar refractivity (Wildman–Crippen MR) is 70.1 cm³/mol. The van der Waals surface area contributed by atoms with Crippen LogP contribution in [-0.4, -0.2) is 28.0 Å². The molecule has 0 fully saturated rings. The van der Waals surface area contributed by atoms with E-state index in [0.717, 1.165) is 10.2 Å². The summed E-state index contributed by atoms with van der Waals surface area (Å²) in [6.45, 7) is 1.81. The zero-order chi connectivity index (χ0) is 13.7. The third-order valence-electron chi connectivity index (χ3n) is 2.29. The van der Waals surface area contributed by atoms with Crippen LogP contribution in [0.3, 0.4) is 0 Å². The molecule has 1 atom stereocenters. The van der Waals surface area contributed by atoms with Gasteiger partial charge < -0.3 is 16.2 Å². The number of carbonyl (C=O) groups is 2. The van der Waals surface area contributed by atoms with Crippen LogP contribution in [0.15, 0.2) is 16.6 Å². The van der Waals surface area contributed by atoms with Crippen molar-refractivity contribution in [3.63, 3.8) is 0 Å². The van der Waals surface area contributed by atoms with Gasteiger partial charge in [-0.1, -0.05) is 0 Å². The van der Waals surface area contributed by atoms with Crippen molar-refractivity contribution in [2.75, 3.05) is 5.32 Å². The first-order valence-corrected chi connectivity index (χ1v) is 6.11. The molecule has 6 nitrogen and oxygen atoms in total. The van der Waals surface area contributed by atoms with Crippen LogP contribution in [0.2, 0.25) is 0 Å². The summed E-state index contributed by atoms with van der Waals surface area (Å²) < 4.78 is 0.855. The van der Waals surface area contributed by atoms with Crippen molar-refractivity contribution in [3.05, 3.63) is 22.3 Å². The first-order chi connectivity index (χ1) is 8.40. The van der Waals surface area contributed by atoms with Crippen molar-refractivity contribution in [1.29, 1.82) is 0 Å². The number of pyridine rings is 1.